The number of phenolic OH excluding ortho intramolecular Hbond substituents is 4. The standard InChI is InChI=1S/C44H24Br8N4O4/c45-27-7-18(8-28(46)41(27)57)37-35-6-5-24(55-35)14-23-2-1-21(53-23)13-22-3-4-25(54-22)15-36-38(19-9-29(47)42(58)30(48)10-19)39(20-11-31(49)43(59)32(50)12-20)40(37)56(36)26-16-33(51)44(60)34(52)17-26/h1-17,53-55,57-60H. The van der Waals surface area contributed by atoms with Gasteiger partial charge in [-0.25, -0.2) is 0 Å². The van der Waals surface area contributed by atoms with E-state index in [4.69, 9.17) is 0 Å². The van der Waals surface area contributed by atoms with E-state index in [1.54, 1.807) is 0 Å². The predicted octanol–water partition coefficient (Wildman–Crippen LogP) is 11.8. The molecule has 7 N–H and O–H groups in total. The summed E-state index contributed by atoms with van der Waals surface area (Å²) in [6, 6.07) is 27.0. The molecule has 0 fully saturated rings. The van der Waals surface area contributed by atoms with Crippen LogP contribution in [-0.4, -0.2) is 39.9 Å². The zero-order valence-corrected chi connectivity index (χ0v) is 42.8. The Hall–Kier alpha value is -3.48. The normalized spacial score (nSPS) is 12.3. The molecular formula is C44H24Br8N4O4. The van der Waals surface area contributed by atoms with E-state index in [9.17, 15) is 20.4 Å². The molecule has 300 valence electrons. The number of H-pyrrole nitrogens is 3. The molecule has 0 unspecified atom stereocenters. The molecule has 0 aliphatic carbocycles. The summed E-state index contributed by atoms with van der Waals surface area (Å²) < 4.78 is 5.76. The second-order valence-electron chi connectivity index (χ2n) is 13.8. The summed E-state index contributed by atoms with van der Waals surface area (Å²) in [5, 5.41) is 47.5. The number of rotatable bonds is 4. The molecule has 0 saturated carbocycles. The fraction of sp³-hybridized carbons (Fsp3) is 0. The maximum absolute atomic E-state index is 11.1. The van der Waals surface area contributed by atoms with Crippen molar-refractivity contribution >= 4 is 151 Å². The van der Waals surface area contributed by atoms with E-state index in [-0.39, 0.29) is 23.0 Å². The van der Waals surface area contributed by atoms with E-state index in [0.717, 1.165) is 61.3 Å². The summed E-state index contributed by atoms with van der Waals surface area (Å²) in [5.41, 5.74) is 8.25. The monoisotopic (exact) mass is 1300 g/mol. The minimum atomic E-state index is 0.0298. The highest BCUT2D eigenvalue weighted by atomic mass is 79.9. The van der Waals surface area contributed by atoms with Crippen LogP contribution in [0.4, 0.5) is 0 Å². The second kappa shape index (κ2) is 16.3. The van der Waals surface area contributed by atoms with Crippen molar-refractivity contribution in [2.24, 2.45) is 0 Å². The van der Waals surface area contributed by atoms with Gasteiger partial charge in [-0.15, -0.1) is 0 Å². The first-order valence-corrected chi connectivity index (χ1v) is 24.0. The van der Waals surface area contributed by atoms with Gasteiger partial charge in [-0.1, -0.05) is 0 Å². The van der Waals surface area contributed by atoms with Crippen LogP contribution in [0.15, 0.2) is 121 Å². The third-order valence-corrected chi connectivity index (χ3v) is 14.8. The van der Waals surface area contributed by atoms with Crippen molar-refractivity contribution in [3.05, 3.63) is 170 Å². The van der Waals surface area contributed by atoms with Gasteiger partial charge in [0, 0.05) is 55.9 Å². The Balaban J connectivity index is 1.65. The maximum Gasteiger partial charge on any atom is 0.144 e. The molecule has 8 nitrogen and oxygen atoms in total. The van der Waals surface area contributed by atoms with Crippen LogP contribution in [0, 0.1) is 0 Å². The van der Waals surface area contributed by atoms with Crippen molar-refractivity contribution in [1.29, 1.82) is 0 Å². The van der Waals surface area contributed by atoms with Crippen molar-refractivity contribution in [3.63, 3.8) is 0 Å². The summed E-state index contributed by atoms with van der Waals surface area (Å²) in [6.45, 7) is 0. The van der Waals surface area contributed by atoms with Crippen molar-refractivity contribution < 1.29 is 20.4 Å². The first-order chi connectivity index (χ1) is 28.6. The maximum atomic E-state index is 11.1. The molecule has 9 rings (SSSR count). The number of aromatic amines is 3. The lowest BCUT2D eigenvalue weighted by Crippen LogP contribution is -2.29. The van der Waals surface area contributed by atoms with Crippen molar-refractivity contribution in [2.45, 2.75) is 0 Å². The van der Waals surface area contributed by atoms with Crippen LogP contribution < -0.4 is 21.4 Å². The fourth-order valence-electron chi connectivity index (χ4n) is 7.36. The average molecular weight is 1310 g/mol. The number of hydrogen-bond donors (Lipinski definition) is 7. The van der Waals surface area contributed by atoms with Crippen molar-refractivity contribution in [3.8, 4) is 50.9 Å². The minimum Gasteiger partial charge on any atom is -0.506 e. The third kappa shape index (κ3) is 7.58. The molecule has 60 heavy (non-hydrogen) atoms. The van der Waals surface area contributed by atoms with Crippen LogP contribution >= 0.6 is 127 Å². The molecule has 0 atom stereocenters. The molecule has 16 heteroatoms. The summed E-state index contributed by atoms with van der Waals surface area (Å²) >= 11 is 29.0. The zero-order chi connectivity index (χ0) is 42.3. The number of phenols is 4. The van der Waals surface area contributed by atoms with E-state index in [2.05, 4.69) is 153 Å². The average Bonchev–Trinajstić information content (AvgIpc) is 4.01. The second-order valence-corrected chi connectivity index (χ2v) is 20.7. The SMILES string of the molecule is Oc1c(Br)cc(C2=c3c(-c4cc(Br)c(O)c(Br)c4)c(-c4cc(Br)c(O)c(Br)c4)c(n3-c3cc(Br)c(O)c(Br)c3)=Cc3ccc([nH]3)C=c3ccc([nH]3)=Cc3ccc2[nH]3)cc1Br. The number of halogens is 8. The number of benzene rings is 4. The molecule has 8 aromatic rings. The highest BCUT2D eigenvalue weighted by Gasteiger charge is 2.27. The first-order valence-electron chi connectivity index (χ1n) is 17.7. The number of nitrogens with one attached hydrogen (secondary N) is 3. The molecule has 0 radical (unpaired) electrons. The fourth-order valence-corrected chi connectivity index (χ4v) is 12.1. The lowest BCUT2D eigenvalue weighted by molar-refractivity contribution is 0.468. The van der Waals surface area contributed by atoms with Gasteiger partial charge in [0.1, 0.15) is 23.0 Å². The number of fused-ring (bicyclic) bond motifs is 8. The summed E-state index contributed by atoms with van der Waals surface area (Å²) in [7, 11) is 0. The van der Waals surface area contributed by atoms with Crippen LogP contribution in [0.25, 0.3) is 51.7 Å². The Bertz CT molecular complexity index is 3290. The Labute approximate surface area is 408 Å². The van der Waals surface area contributed by atoms with Crippen LogP contribution in [-0.2, 0) is 0 Å². The summed E-state index contributed by atoms with van der Waals surface area (Å²) in [5.74, 6) is 0.137. The van der Waals surface area contributed by atoms with Gasteiger partial charge in [0.2, 0.25) is 0 Å². The van der Waals surface area contributed by atoms with E-state index in [1.165, 1.54) is 0 Å². The number of hydrogen-bond acceptors (Lipinski definition) is 4. The molecular weight excluding hydrogens is 1290 g/mol. The van der Waals surface area contributed by atoms with E-state index in [1.807, 2.05) is 97.1 Å². The number of aromatic nitrogens is 4. The molecule has 4 aromatic carbocycles. The van der Waals surface area contributed by atoms with Crippen LogP contribution in [0.3, 0.4) is 0 Å². The Kier molecular flexibility index (Phi) is 11.4. The molecule has 0 amide bonds. The summed E-state index contributed by atoms with van der Waals surface area (Å²) in [6.07, 6.45) is 6.14. The topological polar surface area (TPSA) is 133 Å². The van der Waals surface area contributed by atoms with Crippen molar-refractivity contribution in [2.75, 3.05) is 0 Å². The van der Waals surface area contributed by atoms with E-state index in [0.29, 0.717) is 57.7 Å². The Morgan fingerprint density at radius 1 is 0.400 bits per heavy atom. The van der Waals surface area contributed by atoms with Gasteiger partial charge in [0.05, 0.1) is 46.5 Å². The van der Waals surface area contributed by atoms with E-state index < -0.39 is 0 Å². The lowest BCUT2D eigenvalue weighted by atomic mass is 9.93. The van der Waals surface area contributed by atoms with Gasteiger partial charge in [0.25, 0.3) is 0 Å². The Morgan fingerprint density at radius 3 is 1.30 bits per heavy atom. The van der Waals surface area contributed by atoms with Gasteiger partial charge in [-0.3, -0.25) is 0 Å². The minimum absolute atomic E-state index is 0.0298. The quantitative estimate of drug-likeness (QED) is 0.0945. The molecule has 0 saturated heterocycles. The highest BCUT2D eigenvalue weighted by Crippen LogP contribution is 2.44. The molecule has 1 aliphatic heterocycles. The lowest BCUT2D eigenvalue weighted by Gasteiger charge is -2.16. The third-order valence-electron chi connectivity index (χ3n) is 9.98. The van der Waals surface area contributed by atoms with Gasteiger partial charge in [0.15, 0.2) is 0 Å². The Morgan fingerprint density at radius 2 is 0.800 bits per heavy atom. The van der Waals surface area contributed by atoms with Gasteiger partial charge in [-0.2, -0.15) is 0 Å². The van der Waals surface area contributed by atoms with Crippen molar-refractivity contribution in [1.82, 2.24) is 19.5 Å². The van der Waals surface area contributed by atoms with Gasteiger partial charge in [-0.05, 0) is 247 Å². The number of nitrogens with zero attached hydrogens (tertiary/aromatic N) is 1. The zero-order valence-electron chi connectivity index (χ0n) is 30.1. The van der Waals surface area contributed by atoms with Crippen LogP contribution in [0.5, 0.6) is 23.0 Å². The largest absolute Gasteiger partial charge is 0.506 e. The first kappa shape index (κ1) is 41.9. The molecule has 8 bridgehead atoms. The highest BCUT2D eigenvalue weighted by molar-refractivity contribution is 9.12. The number of aromatic hydroxyl groups is 4. The van der Waals surface area contributed by atoms with E-state index >= 15 is 0 Å². The van der Waals surface area contributed by atoms with Gasteiger partial charge >= 0.3 is 0 Å². The smallest absolute Gasteiger partial charge is 0.144 e. The molecule has 4 aromatic heterocycles. The summed E-state index contributed by atoms with van der Waals surface area (Å²) in [4.78, 5) is 10.8. The van der Waals surface area contributed by atoms with Crippen LogP contribution in [0.1, 0.15) is 28.3 Å². The van der Waals surface area contributed by atoms with Gasteiger partial charge < -0.3 is 39.9 Å². The molecule has 1 aliphatic rings. The molecule has 0 spiro atoms. The predicted molar refractivity (Wildman–Crippen MR) is 265 cm³/mol. The molecule has 5 heterocycles. The van der Waals surface area contributed by atoms with Crippen LogP contribution in [0.2, 0.25) is 0 Å².